The molecule has 1 amide bonds. The average molecular weight is 373 g/mol. The van der Waals surface area contributed by atoms with E-state index in [4.69, 9.17) is 0 Å². The van der Waals surface area contributed by atoms with Gasteiger partial charge in [-0.3, -0.25) is 14.9 Å². The van der Waals surface area contributed by atoms with Crippen LogP contribution in [0.3, 0.4) is 0 Å². The number of hydrogen-bond acceptors (Lipinski definition) is 5. The summed E-state index contributed by atoms with van der Waals surface area (Å²) in [5.41, 5.74) is -3.21. The van der Waals surface area contributed by atoms with Crippen molar-refractivity contribution >= 4 is 17.3 Å². The molecule has 26 heavy (non-hydrogen) atoms. The Morgan fingerprint density at radius 1 is 1.38 bits per heavy atom. The third-order valence-electron chi connectivity index (χ3n) is 3.88. The molecule has 0 saturated heterocycles. The predicted molar refractivity (Wildman–Crippen MR) is 86.2 cm³/mol. The van der Waals surface area contributed by atoms with E-state index in [1.54, 1.807) is 13.8 Å². The zero-order valence-electron chi connectivity index (χ0n) is 14.2. The van der Waals surface area contributed by atoms with Crippen molar-refractivity contribution in [2.75, 3.05) is 0 Å². The minimum Gasteiger partial charge on any atom is -0.362 e. The molecule has 1 N–H and O–H groups in total. The van der Waals surface area contributed by atoms with Crippen LogP contribution >= 0.6 is 0 Å². The molecule has 0 spiro atoms. The lowest BCUT2D eigenvalue weighted by Gasteiger charge is -2.32. The van der Waals surface area contributed by atoms with Crippen molar-refractivity contribution < 1.29 is 28.0 Å². The van der Waals surface area contributed by atoms with Crippen LogP contribution in [0.1, 0.15) is 32.3 Å². The van der Waals surface area contributed by atoms with E-state index in [1.165, 1.54) is 12.1 Å². The first-order chi connectivity index (χ1) is 11.9. The molecule has 1 heterocycles. The number of benzene rings is 1. The summed E-state index contributed by atoms with van der Waals surface area (Å²) in [6.45, 7) is 3.58. The fourth-order valence-electron chi connectivity index (χ4n) is 2.67. The van der Waals surface area contributed by atoms with Crippen molar-refractivity contribution in [3.05, 3.63) is 39.9 Å². The second-order valence-electron chi connectivity index (χ2n) is 6.56. The lowest BCUT2D eigenvalue weighted by Crippen LogP contribution is -2.57. The summed E-state index contributed by atoms with van der Waals surface area (Å²) in [5.74, 6) is -1.03. The van der Waals surface area contributed by atoms with E-state index in [0.717, 1.165) is 12.1 Å². The largest absolute Gasteiger partial charge is 0.438 e. The first kappa shape index (κ1) is 19.8. The number of hydrazone groups is 1. The number of nitrogens with zero attached hydrogens (tertiary/aromatic N) is 3. The van der Waals surface area contributed by atoms with E-state index in [9.17, 15) is 33.2 Å². The molecule has 0 aromatic heterocycles. The number of hydrogen-bond donors (Lipinski definition) is 1. The maximum Gasteiger partial charge on any atom is 0.438 e. The minimum absolute atomic E-state index is 0.0101. The van der Waals surface area contributed by atoms with E-state index in [2.05, 4.69) is 5.10 Å². The summed E-state index contributed by atoms with van der Waals surface area (Å²) in [6, 6.07) is 4.85. The fourth-order valence-corrected chi connectivity index (χ4v) is 2.67. The Morgan fingerprint density at radius 3 is 2.42 bits per heavy atom. The molecule has 7 nitrogen and oxygen atoms in total. The second kappa shape index (κ2) is 7.02. The molecule has 0 aliphatic carbocycles. The van der Waals surface area contributed by atoms with Gasteiger partial charge in [0.2, 0.25) is 5.91 Å². The first-order valence-corrected chi connectivity index (χ1v) is 7.86. The smallest absolute Gasteiger partial charge is 0.362 e. The number of rotatable bonds is 5. The maximum absolute atomic E-state index is 13.4. The molecular weight excluding hydrogens is 355 g/mol. The molecule has 0 bridgehead atoms. The quantitative estimate of drug-likeness (QED) is 0.634. The van der Waals surface area contributed by atoms with Crippen LogP contribution in [0.4, 0.5) is 18.9 Å². The first-order valence-electron chi connectivity index (χ1n) is 7.86. The van der Waals surface area contributed by atoms with E-state index < -0.39 is 35.6 Å². The molecule has 1 aromatic rings. The summed E-state index contributed by atoms with van der Waals surface area (Å²) in [7, 11) is 0. The van der Waals surface area contributed by atoms with E-state index in [0.29, 0.717) is 0 Å². The Balaban J connectivity index is 2.24. The van der Waals surface area contributed by atoms with Crippen molar-refractivity contribution in [1.29, 1.82) is 0 Å². The Labute approximate surface area is 147 Å². The molecule has 0 unspecified atom stereocenters. The Morgan fingerprint density at radius 2 is 1.96 bits per heavy atom. The van der Waals surface area contributed by atoms with Gasteiger partial charge in [-0.1, -0.05) is 26.0 Å². The van der Waals surface area contributed by atoms with Crippen LogP contribution in [0, 0.1) is 16.0 Å². The van der Waals surface area contributed by atoms with Crippen LogP contribution in [0.5, 0.6) is 0 Å². The highest BCUT2D eigenvalue weighted by molar-refractivity contribution is 5.91. The van der Waals surface area contributed by atoms with Crippen LogP contribution in [-0.2, 0) is 11.2 Å². The van der Waals surface area contributed by atoms with Gasteiger partial charge in [-0.05, 0) is 17.9 Å². The Bertz CT molecular complexity index is 731. The van der Waals surface area contributed by atoms with Gasteiger partial charge in [-0.2, -0.15) is 23.3 Å². The number of nitro benzene ring substituents is 1. The molecule has 0 radical (unpaired) electrons. The number of amides is 1. The normalized spacial score (nSPS) is 20.4. The van der Waals surface area contributed by atoms with Crippen LogP contribution < -0.4 is 0 Å². The van der Waals surface area contributed by atoms with Crippen LogP contribution in [0.15, 0.2) is 29.4 Å². The summed E-state index contributed by atoms with van der Waals surface area (Å²) < 4.78 is 40.1. The highest BCUT2D eigenvalue weighted by atomic mass is 19.4. The number of aliphatic hydroxyl groups is 1. The molecule has 142 valence electrons. The van der Waals surface area contributed by atoms with Crippen molar-refractivity contribution in [1.82, 2.24) is 5.01 Å². The second-order valence-corrected chi connectivity index (χ2v) is 6.56. The molecule has 10 heteroatoms. The molecular formula is C16H18F3N3O4. The van der Waals surface area contributed by atoms with Crippen molar-refractivity contribution in [3.63, 3.8) is 0 Å². The predicted octanol–water partition coefficient (Wildman–Crippen LogP) is 3.02. The zero-order valence-corrected chi connectivity index (χ0v) is 14.2. The van der Waals surface area contributed by atoms with Gasteiger partial charge in [-0.15, -0.1) is 0 Å². The Kier molecular flexibility index (Phi) is 5.36. The van der Waals surface area contributed by atoms with Crippen molar-refractivity contribution in [2.45, 2.75) is 45.0 Å². The van der Waals surface area contributed by atoms with Gasteiger partial charge < -0.3 is 5.11 Å². The molecule has 2 rings (SSSR count). The van der Waals surface area contributed by atoms with Crippen LogP contribution in [0.2, 0.25) is 0 Å². The van der Waals surface area contributed by atoms with E-state index >= 15 is 0 Å². The third kappa shape index (κ3) is 4.01. The standard InChI is InChI=1S/C16H18F3N3O4/c1-10(2)7-12-9-15(24,16(17,18)19)21(20-12)14(23)8-11-3-5-13(6-4-11)22(25)26/h3-6,10,24H,7-9H2,1-2H3/t15-/m1/s1. The number of carbonyl (C=O) groups excluding carboxylic acids is 1. The SMILES string of the molecule is CC(C)CC1=NN(C(=O)Cc2ccc([N+](=O)[O-])cc2)[C@](O)(C(F)(F)F)C1. The number of carbonyl (C=O) groups is 1. The van der Waals surface area contributed by atoms with Gasteiger partial charge >= 0.3 is 6.18 Å². The number of alkyl halides is 3. The lowest BCUT2D eigenvalue weighted by molar-refractivity contribution is -0.384. The van der Waals surface area contributed by atoms with Gasteiger partial charge in [0, 0.05) is 24.3 Å². The van der Waals surface area contributed by atoms with Crippen molar-refractivity contribution in [2.24, 2.45) is 11.0 Å². The monoisotopic (exact) mass is 373 g/mol. The van der Waals surface area contributed by atoms with E-state index in [1.807, 2.05) is 0 Å². The maximum atomic E-state index is 13.4. The van der Waals surface area contributed by atoms with Gasteiger partial charge in [0.1, 0.15) is 0 Å². The molecule has 0 fully saturated rings. The van der Waals surface area contributed by atoms with Gasteiger partial charge in [-0.25, -0.2) is 0 Å². The zero-order chi connectivity index (χ0) is 19.7. The number of nitro groups is 1. The number of halogens is 3. The lowest BCUT2D eigenvalue weighted by atomic mass is 9.99. The number of non-ortho nitro benzene ring substituents is 1. The topological polar surface area (TPSA) is 96.0 Å². The van der Waals surface area contributed by atoms with Crippen molar-refractivity contribution in [3.8, 4) is 0 Å². The van der Waals surface area contributed by atoms with Gasteiger partial charge in [0.25, 0.3) is 11.4 Å². The average Bonchev–Trinajstić information content (AvgIpc) is 2.84. The summed E-state index contributed by atoms with van der Waals surface area (Å²) in [6.07, 6.45) is -6.12. The van der Waals surface area contributed by atoms with Crippen LogP contribution in [-0.4, -0.2) is 38.6 Å². The molecule has 1 aliphatic heterocycles. The third-order valence-corrected chi connectivity index (χ3v) is 3.88. The van der Waals surface area contributed by atoms with Gasteiger partial charge in [0.05, 0.1) is 11.3 Å². The Hall–Kier alpha value is -2.49. The molecule has 1 aromatic carbocycles. The highest BCUT2D eigenvalue weighted by Gasteiger charge is 2.62. The van der Waals surface area contributed by atoms with Crippen LogP contribution in [0.25, 0.3) is 0 Å². The summed E-state index contributed by atoms with van der Waals surface area (Å²) in [5, 5.41) is 24.5. The molecule has 0 saturated carbocycles. The van der Waals surface area contributed by atoms with E-state index in [-0.39, 0.29) is 34.3 Å². The summed E-state index contributed by atoms with van der Waals surface area (Å²) in [4.78, 5) is 22.3. The van der Waals surface area contributed by atoms with Gasteiger partial charge in [0.15, 0.2) is 0 Å². The fraction of sp³-hybridized carbons (Fsp3) is 0.500. The molecule has 1 atom stereocenters. The summed E-state index contributed by atoms with van der Waals surface area (Å²) >= 11 is 0. The minimum atomic E-state index is -5.07. The molecule has 1 aliphatic rings. The highest BCUT2D eigenvalue weighted by Crippen LogP contribution is 2.41.